The molecule has 0 aliphatic carbocycles. The number of amides is 1. The lowest BCUT2D eigenvalue weighted by molar-refractivity contribution is -0.166. The minimum Gasteiger partial charge on any atom is -0.497 e. The summed E-state index contributed by atoms with van der Waals surface area (Å²) in [6, 6.07) is 6.53. The number of esters is 1. The van der Waals surface area contributed by atoms with Crippen molar-refractivity contribution in [3.63, 3.8) is 0 Å². The lowest BCUT2D eigenvalue weighted by Gasteiger charge is -2.34. The average Bonchev–Trinajstić information content (AvgIpc) is 2.57. The molecule has 0 radical (unpaired) electrons. The van der Waals surface area contributed by atoms with E-state index < -0.39 is 17.7 Å². The molecule has 0 unspecified atom stereocenters. The van der Waals surface area contributed by atoms with Crippen molar-refractivity contribution in [2.45, 2.75) is 58.7 Å². The number of nitrogens with zero attached hydrogens (tertiary/aromatic N) is 1. The Balaban J connectivity index is 2.93. The molecule has 1 N–H and O–H groups in total. The molecule has 6 heteroatoms. The lowest BCUT2D eigenvalue weighted by atomic mass is 9.99. The van der Waals surface area contributed by atoms with Gasteiger partial charge in [0.05, 0.1) is 13.2 Å². The highest BCUT2D eigenvalue weighted by Gasteiger charge is 2.35. The second-order valence-electron chi connectivity index (χ2n) is 8.06. The SMILES string of the molecule is CN[C@@H](Cc1ccc(OC)cc1)C(=O)N(C)[C@H](C(=O)OC(C)(C)C)C(C)C. The molecule has 0 aromatic heterocycles. The molecule has 0 spiro atoms. The summed E-state index contributed by atoms with van der Waals surface area (Å²) in [5.74, 6) is 0.186. The molecule has 0 fully saturated rings. The minimum absolute atomic E-state index is 0.0627. The van der Waals surface area contributed by atoms with Crippen molar-refractivity contribution in [3.05, 3.63) is 29.8 Å². The zero-order chi connectivity index (χ0) is 20.8. The van der Waals surface area contributed by atoms with Crippen molar-refractivity contribution in [2.75, 3.05) is 21.2 Å². The maximum atomic E-state index is 13.0. The van der Waals surface area contributed by atoms with Gasteiger partial charge in [-0.3, -0.25) is 4.79 Å². The molecule has 0 saturated heterocycles. The van der Waals surface area contributed by atoms with E-state index in [-0.39, 0.29) is 17.8 Å². The maximum Gasteiger partial charge on any atom is 0.329 e. The smallest absolute Gasteiger partial charge is 0.329 e. The second-order valence-corrected chi connectivity index (χ2v) is 8.06. The van der Waals surface area contributed by atoms with Crippen LogP contribution in [0.3, 0.4) is 0 Å². The van der Waals surface area contributed by atoms with Gasteiger partial charge in [-0.2, -0.15) is 0 Å². The molecule has 6 nitrogen and oxygen atoms in total. The molecule has 152 valence electrons. The first-order valence-corrected chi connectivity index (χ1v) is 9.30. The van der Waals surface area contributed by atoms with Crippen molar-refractivity contribution >= 4 is 11.9 Å². The Hall–Kier alpha value is -2.08. The second kappa shape index (κ2) is 9.74. The van der Waals surface area contributed by atoms with E-state index in [2.05, 4.69) is 5.32 Å². The topological polar surface area (TPSA) is 67.9 Å². The van der Waals surface area contributed by atoms with Crippen LogP contribution in [0.15, 0.2) is 24.3 Å². The van der Waals surface area contributed by atoms with Gasteiger partial charge in [-0.05, 0) is 57.9 Å². The first kappa shape index (κ1) is 23.0. The van der Waals surface area contributed by atoms with Gasteiger partial charge in [0.15, 0.2) is 0 Å². The molecule has 0 bridgehead atoms. The summed E-state index contributed by atoms with van der Waals surface area (Å²) in [7, 11) is 5.03. The molecular formula is C21H34N2O4. The summed E-state index contributed by atoms with van der Waals surface area (Å²) in [6.07, 6.45) is 0.517. The van der Waals surface area contributed by atoms with Gasteiger partial charge in [-0.25, -0.2) is 4.79 Å². The molecule has 1 amide bonds. The van der Waals surface area contributed by atoms with E-state index in [0.29, 0.717) is 6.42 Å². The maximum absolute atomic E-state index is 13.0. The van der Waals surface area contributed by atoms with E-state index in [4.69, 9.17) is 9.47 Å². The Kier molecular flexibility index (Phi) is 8.28. The molecule has 0 saturated carbocycles. The molecule has 0 aliphatic rings. The van der Waals surface area contributed by atoms with Crippen LogP contribution in [0.5, 0.6) is 5.75 Å². The molecule has 27 heavy (non-hydrogen) atoms. The Morgan fingerprint density at radius 1 is 1.15 bits per heavy atom. The molecule has 2 atom stereocenters. The lowest BCUT2D eigenvalue weighted by Crippen LogP contribution is -2.54. The molecule has 0 heterocycles. The number of nitrogens with one attached hydrogen (secondary N) is 1. The molecule has 1 aromatic carbocycles. The van der Waals surface area contributed by atoms with E-state index in [0.717, 1.165) is 11.3 Å². The van der Waals surface area contributed by atoms with E-state index in [1.807, 2.05) is 58.9 Å². The standard InChI is InChI=1S/C21H34N2O4/c1-14(2)18(20(25)27-21(3,4)5)23(7)19(24)17(22-6)13-15-9-11-16(26-8)12-10-15/h9-12,14,17-18,22H,13H2,1-8H3/t17-,18-/m0/s1. The van der Waals surface area contributed by atoms with Gasteiger partial charge >= 0.3 is 5.97 Å². The first-order valence-electron chi connectivity index (χ1n) is 9.30. The van der Waals surface area contributed by atoms with Gasteiger partial charge in [0, 0.05) is 7.05 Å². The molecule has 0 aliphatic heterocycles. The fourth-order valence-electron chi connectivity index (χ4n) is 2.93. The summed E-state index contributed by atoms with van der Waals surface area (Å²) in [4.78, 5) is 27.2. The Labute approximate surface area is 163 Å². The largest absolute Gasteiger partial charge is 0.497 e. The van der Waals surface area contributed by atoms with Crippen LogP contribution in [0.1, 0.15) is 40.2 Å². The number of likely N-dealkylation sites (N-methyl/N-ethyl adjacent to an activating group) is 2. The van der Waals surface area contributed by atoms with Gasteiger partial charge in [-0.15, -0.1) is 0 Å². The molecular weight excluding hydrogens is 344 g/mol. The summed E-state index contributed by atoms with van der Waals surface area (Å²) in [5, 5.41) is 3.07. The zero-order valence-corrected chi connectivity index (χ0v) is 17.8. The highest BCUT2D eigenvalue weighted by molar-refractivity contribution is 5.88. The number of carbonyl (C=O) groups is 2. The fraction of sp³-hybridized carbons (Fsp3) is 0.619. The van der Waals surface area contributed by atoms with Gasteiger partial charge in [0.1, 0.15) is 17.4 Å². The third-order valence-corrected chi connectivity index (χ3v) is 4.29. The van der Waals surface area contributed by atoms with Crippen LogP contribution in [-0.2, 0) is 20.7 Å². The predicted octanol–water partition coefficient (Wildman–Crippen LogP) is 2.65. The monoisotopic (exact) mass is 378 g/mol. The first-order chi connectivity index (χ1) is 12.5. The normalized spacial score (nSPS) is 13.8. The van der Waals surface area contributed by atoms with Gasteiger partial charge in [0.2, 0.25) is 5.91 Å². The number of hydrogen-bond acceptors (Lipinski definition) is 5. The zero-order valence-electron chi connectivity index (χ0n) is 17.8. The predicted molar refractivity (Wildman–Crippen MR) is 107 cm³/mol. The number of carbonyl (C=O) groups excluding carboxylic acids is 2. The fourth-order valence-corrected chi connectivity index (χ4v) is 2.93. The van der Waals surface area contributed by atoms with Gasteiger partial charge in [0.25, 0.3) is 0 Å². The van der Waals surface area contributed by atoms with Crippen molar-refractivity contribution < 1.29 is 19.1 Å². The summed E-state index contributed by atoms with van der Waals surface area (Å²) >= 11 is 0. The van der Waals surface area contributed by atoms with Gasteiger partial charge < -0.3 is 19.7 Å². The van der Waals surface area contributed by atoms with E-state index in [9.17, 15) is 9.59 Å². The highest BCUT2D eigenvalue weighted by atomic mass is 16.6. The number of rotatable bonds is 8. The van der Waals surface area contributed by atoms with E-state index >= 15 is 0 Å². The Morgan fingerprint density at radius 2 is 1.70 bits per heavy atom. The van der Waals surface area contributed by atoms with Crippen LogP contribution in [0.4, 0.5) is 0 Å². The van der Waals surface area contributed by atoms with Crippen LogP contribution in [0.25, 0.3) is 0 Å². The van der Waals surface area contributed by atoms with Gasteiger partial charge in [-0.1, -0.05) is 26.0 Å². The summed E-state index contributed by atoms with van der Waals surface area (Å²) in [6.45, 7) is 9.30. The van der Waals surface area contributed by atoms with Crippen LogP contribution in [0.2, 0.25) is 0 Å². The quantitative estimate of drug-likeness (QED) is 0.705. The Morgan fingerprint density at radius 3 is 2.11 bits per heavy atom. The van der Waals surface area contributed by atoms with Crippen LogP contribution in [0, 0.1) is 5.92 Å². The molecule has 1 rings (SSSR count). The van der Waals surface area contributed by atoms with Crippen LogP contribution >= 0.6 is 0 Å². The van der Waals surface area contributed by atoms with Crippen LogP contribution < -0.4 is 10.1 Å². The number of ether oxygens (including phenoxy) is 2. The third-order valence-electron chi connectivity index (χ3n) is 4.29. The number of benzene rings is 1. The van der Waals surface area contributed by atoms with Crippen LogP contribution in [-0.4, -0.2) is 55.7 Å². The average molecular weight is 379 g/mol. The molecule has 1 aromatic rings. The third kappa shape index (κ3) is 6.86. The number of hydrogen-bond donors (Lipinski definition) is 1. The summed E-state index contributed by atoms with van der Waals surface area (Å²) in [5.41, 5.74) is 0.412. The minimum atomic E-state index is -0.636. The van der Waals surface area contributed by atoms with Crippen molar-refractivity contribution in [3.8, 4) is 5.75 Å². The van der Waals surface area contributed by atoms with Crippen molar-refractivity contribution in [2.24, 2.45) is 5.92 Å². The van der Waals surface area contributed by atoms with E-state index in [1.54, 1.807) is 21.2 Å². The number of methoxy groups -OCH3 is 1. The van der Waals surface area contributed by atoms with Crippen molar-refractivity contribution in [1.82, 2.24) is 10.2 Å². The van der Waals surface area contributed by atoms with E-state index in [1.165, 1.54) is 4.90 Å². The summed E-state index contributed by atoms with van der Waals surface area (Å²) < 4.78 is 10.7. The highest BCUT2D eigenvalue weighted by Crippen LogP contribution is 2.18. The van der Waals surface area contributed by atoms with Crippen molar-refractivity contribution in [1.29, 1.82) is 0 Å². The Bertz CT molecular complexity index is 620.